The number of rotatable bonds is 4. The molecule has 0 saturated heterocycles. The number of halogens is 1. The van der Waals surface area contributed by atoms with Crippen LogP contribution in [0.2, 0.25) is 0 Å². The van der Waals surface area contributed by atoms with Crippen LogP contribution in [-0.4, -0.2) is 33.1 Å². The Hall–Kier alpha value is -1.29. The normalized spacial score (nSPS) is 16.2. The van der Waals surface area contributed by atoms with Gasteiger partial charge in [-0.25, -0.2) is 9.50 Å². The largest absolute Gasteiger partial charge is 0.351 e. The lowest BCUT2D eigenvalue weighted by Gasteiger charge is -2.38. The van der Waals surface area contributed by atoms with Crippen LogP contribution in [0, 0.1) is 0 Å². The first-order chi connectivity index (χ1) is 10.0. The van der Waals surface area contributed by atoms with E-state index in [1.807, 2.05) is 16.9 Å². The number of nitrogens with zero attached hydrogens (tertiary/aromatic N) is 4. The average Bonchev–Trinajstić information content (AvgIpc) is 2.79. The van der Waals surface area contributed by atoms with Gasteiger partial charge in [-0.05, 0) is 25.3 Å². The average molecular weight is 307 g/mol. The lowest BCUT2D eigenvalue weighted by Crippen LogP contribution is -2.42. The zero-order chi connectivity index (χ0) is 15.0. The van der Waals surface area contributed by atoms with Crippen molar-refractivity contribution >= 4 is 22.9 Å². The molecule has 1 aliphatic carbocycles. The van der Waals surface area contributed by atoms with Crippen LogP contribution in [0.5, 0.6) is 0 Å². The van der Waals surface area contributed by atoms with Crippen molar-refractivity contribution in [3.05, 3.63) is 24.2 Å². The summed E-state index contributed by atoms with van der Waals surface area (Å²) in [5.41, 5.74) is 2.22. The Kier molecular flexibility index (Phi) is 3.82. The van der Waals surface area contributed by atoms with Crippen molar-refractivity contribution < 1.29 is 0 Å². The van der Waals surface area contributed by atoms with E-state index in [9.17, 15) is 0 Å². The van der Waals surface area contributed by atoms with Crippen molar-refractivity contribution in [3.63, 3.8) is 0 Å². The maximum Gasteiger partial charge on any atom is 0.154 e. The van der Waals surface area contributed by atoms with E-state index in [1.165, 1.54) is 19.3 Å². The Morgan fingerprint density at radius 1 is 1.38 bits per heavy atom. The Bertz CT molecular complexity index is 625. The van der Waals surface area contributed by atoms with Gasteiger partial charge in [0.05, 0.1) is 5.69 Å². The van der Waals surface area contributed by atoms with Gasteiger partial charge in [0.1, 0.15) is 5.52 Å². The summed E-state index contributed by atoms with van der Waals surface area (Å²) in [4.78, 5) is 6.99. The summed E-state index contributed by atoms with van der Waals surface area (Å²) in [7, 11) is 0. The van der Waals surface area contributed by atoms with Crippen LogP contribution in [-0.2, 0) is 5.41 Å². The van der Waals surface area contributed by atoms with Gasteiger partial charge in [0.15, 0.2) is 5.82 Å². The van der Waals surface area contributed by atoms with E-state index >= 15 is 0 Å². The van der Waals surface area contributed by atoms with Gasteiger partial charge in [-0.15, -0.1) is 11.6 Å². The highest BCUT2D eigenvalue weighted by Gasteiger charge is 2.28. The maximum absolute atomic E-state index is 6.01. The topological polar surface area (TPSA) is 33.4 Å². The molecule has 114 valence electrons. The fourth-order valence-corrected chi connectivity index (χ4v) is 2.93. The first kappa shape index (κ1) is 14.6. The molecule has 0 bridgehead atoms. The number of hydrogen-bond donors (Lipinski definition) is 0. The van der Waals surface area contributed by atoms with Crippen molar-refractivity contribution in [1.82, 2.24) is 14.6 Å². The van der Waals surface area contributed by atoms with E-state index in [0.29, 0.717) is 11.9 Å². The second-order valence-corrected chi connectivity index (χ2v) is 7.21. The molecule has 0 N–H and O–H groups in total. The predicted molar refractivity (Wildman–Crippen MR) is 87.4 cm³/mol. The molecule has 0 spiro atoms. The molecule has 5 heteroatoms. The van der Waals surface area contributed by atoms with Gasteiger partial charge in [-0.1, -0.05) is 20.8 Å². The Morgan fingerprint density at radius 3 is 2.71 bits per heavy atom. The smallest absolute Gasteiger partial charge is 0.154 e. The summed E-state index contributed by atoms with van der Waals surface area (Å²) in [6.07, 6.45) is 7.54. The molecule has 0 unspecified atom stereocenters. The van der Waals surface area contributed by atoms with E-state index in [1.54, 1.807) is 0 Å². The molecule has 4 nitrogen and oxygen atoms in total. The Balaban J connectivity index is 2.06. The van der Waals surface area contributed by atoms with Gasteiger partial charge in [-0.3, -0.25) is 0 Å². The van der Waals surface area contributed by atoms with Gasteiger partial charge in [0.25, 0.3) is 0 Å². The lowest BCUT2D eigenvalue weighted by molar-refractivity contribution is 0.389. The van der Waals surface area contributed by atoms with Gasteiger partial charge in [0, 0.05) is 36.3 Å². The predicted octanol–water partition coefficient (Wildman–Crippen LogP) is 3.62. The minimum Gasteiger partial charge on any atom is -0.351 e. The summed E-state index contributed by atoms with van der Waals surface area (Å²) in [5.74, 6) is 1.64. The molecule has 0 atom stereocenters. The van der Waals surface area contributed by atoms with Gasteiger partial charge in [0.2, 0.25) is 0 Å². The lowest BCUT2D eigenvalue weighted by atomic mass is 9.91. The van der Waals surface area contributed by atoms with Crippen molar-refractivity contribution in [3.8, 4) is 0 Å². The molecule has 1 aliphatic rings. The third-order valence-corrected chi connectivity index (χ3v) is 4.42. The van der Waals surface area contributed by atoms with E-state index in [2.05, 4.69) is 36.7 Å². The summed E-state index contributed by atoms with van der Waals surface area (Å²) in [6.45, 7) is 7.40. The second kappa shape index (κ2) is 5.48. The van der Waals surface area contributed by atoms with Crippen molar-refractivity contribution in [1.29, 1.82) is 0 Å². The molecular weight excluding hydrogens is 284 g/mol. The minimum absolute atomic E-state index is 0.0388. The van der Waals surface area contributed by atoms with Crippen LogP contribution < -0.4 is 4.90 Å². The SMILES string of the molecule is CC(C)(C)c1cc2c(N(CCCl)C3CCC3)nccn2n1. The molecule has 21 heavy (non-hydrogen) atoms. The molecule has 0 aliphatic heterocycles. The molecule has 1 saturated carbocycles. The van der Waals surface area contributed by atoms with Crippen LogP contribution in [0.3, 0.4) is 0 Å². The number of aromatic nitrogens is 3. The summed E-state index contributed by atoms with van der Waals surface area (Å²) in [5, 5.41) is 4.71. The Morgan fingerprint density at radius 2 is 2.14 bits per heavy atom. The summed E-state index contributed by atoms with van der Waals surface area (Å²) >= 11 is 6.01. The highest BCUT2D eigenvalue weighted by atomic mass is 35.5. The number of anilines is 1. The first-order valence-corrected chi connectivity index (χ1v) is 8.21. The van der Waals surface area contributed by atoms with Crippen LogP contribution in [0.15, 0.2) is 18.5 Å². The first-order valence-electron chi connectivity index (χ1n) is 7.68. The summed E-state index contributed by atoms with van der Waals surface area (Å²) < 4.78 is 1.95. The van der Waals surface area contributed by atoms with E-state index in [0.717, 1.165) is 23.6 Å². The fourth-order valence-electron chi connectivity index (χ4n) is 2.75. The van der Waals surface area contributed by atoms with Crippen LogP contribution >= 0.6 is 11.6 Å². The second-order valence-electron chi connectivity index (χ2n) is 6.83. The quantitative estimate of drug-likeness (QED) is 0.809. The van der Waals surface area contributed by atoms with Gasteiger partial charge in [-0.2, -0.15) is 5.10 Å². The van der Waals surface area contributed by atoms with Gasteiger partial charge >= 0.3 is 0 Å². The Labute approximate surface area is 131 Å². The molecule has 3 rings (SSSR count). The monoisotopic (exact) mass is 306 g/mol. The maximum atomic E-state index is 6.01. The highest BCUT2D eigenvalue weighted by molar-refractivity contribution is 6.18. The van der Waals surface area contributed by atoms with Crippen molar-refractivity contribution in [2.75, 3.05) is 17.3 Å². The number of hydrogen-bond acceptors (Lipinski definition) is 3. The molecule has 0 radical (unpaired) electrons. The number of fused-ring (bicyclic) bond motifs is 1. The fraction of sp³-hybridized carbons (Fsp3) is 0.625. The van der Waals surface area contributed by atoms with Crippen molar-refractivity contribution in [2.45, 2.75) is 51.5 Å². The molecule has 2 heterocycles. The molecule has 1 fully saturated rings. The highest BCUT2D eigenvalue weighted by Crippen LogP contribution is 2.32. The number of alkyl halides is 1. The van der Waals surface area contributed by atoms with Gasteiger partial charge < -0.3 is 4.90 Å². The van der Waals surface area contributed by atoms with E-state index < -0.39 is 0 Å². The van der Waals surface area contributed by atoms with Crippen LogP contribution in [0.4, 0.5) is 5.82 Å². The van der Waals surface area contributed by atoms with Crippen LogP contribution in [0.1, 0.15) is 45.7 Å². The van der Waals surface area contributed by atoms with E-state index in [4.69, 9.17) is 16.7 Å². The minimum atomic E-state index is 0.0388. The molecular formula is C16H23ClN4. The van der Waals surface area contributed by atoms with Crippen molar-refractivity contribution in [2.24, 2.45) is 0 Å². The van der Waals surface area contributed by atoms with E-state index in [-0.39, 0.29) is 5.41 Å². The third kappa shape index (κ3) is 2.73. The third-order valence-electron chi connectivity index (χ3n) is 4.25. The molecule has 2 aromatic heterocycles. The zero-order valence-corrected chi connectivity index (χ0v) is 13.8. The molecule has 0 amide bonds. The summed E-state index contributed by atoms with van der Waals surface area (Å²) in [6, 6.07) is 2.75. The molecule has 2 aromatic rings. The van der Waals surface area contributed by atoms with Crippen LogP contribution in [0.25, 0.3) is 5.52 Å². The standard InChI is InChI=1S/C16H23ClN4/c1-16(2,3)14-11-13-15(18-8-10-21(13)19-14)20(9-7-17)12-5-4-6-12/h8,10-12H,4-7,9H2,1-3H3. The zero-order valence-electron chi connectivity index (χ0n) is 13.0. The molecule has 0 aromatic carbocycles.